The zero-order valence-corrected chi connectivity index (χ0v) is 13.4. The molecule has 0 saturated heterocycles. The van der Waals surface area contributed by atoms with Crippen molar-refractivity contribution in [3.63, 3.8) is 0 Å². The lowest BCUT2D eigenvalue weighted by molar-refractivity contribution is -0.149. The van der Waals surface area contributed by atoms with Crippen LogP contribution in [0.2, 0.25) is 0 Å². The van der Waals surface area contributed by atoms with Gasteiger partial charge in [-0.3, -0.25) is 9.59 Å². The van der Waals surface area contributed by atoms with Crippen LogP contribution in [0.3, 0.4) is 0 Å². The van der Waals surface area contributed by atoms with Crippen LogP contribution in [0.1, 0.15) is 23.7 Å². The van der Waals surface area contributed by atoms with E-state index in [2.05, 4.69) is 18.5 Å². The fraction of sp³-hybridized carbons (Fsp3) is 0.368. The molecule has 4 heteroatoms. The van der Waals surface area contributed by atoms with E-state index < -0.39 is 5.92 Å². The van der Waals surface area contributed by atoms with Crippen molar-refractivity contribution >= 4 is 11.9 Å². The molecule has 1 saturated carbocycles. The normalized spacial score (nSPS) is 26.3. The standard InChI is InChI=1S/C19H23NO3/c1-4-13-12-14(5-2)17(16(13)19(22)23-6-3)20-18(21)15-10-8-7-9-11-15/h4-5,7-11,13-14,16-17H,1-2,6,12H2,3H3,(H,20,21)/t13-,14+,16-,17-/m0/s1. The van der Waals surface area contributed by atoms with Crippen LogP contribution in [0.5, 0.6) is 0 Å². The molecule has 4 nitrogen and oxygen atoms in total. The maximum absolute atomic E-state index is 12.5. The summed E-state index contributed by atoms with van der Waals surface area (Å²) < 4.78 is 5.20. The van der Waals surface area contributed by atoms with Gasteiger partial charge in [0.15, 0.2) is 0 Å². The quantitative estimate of drug-likeness (QED) is 0.649. The SMILES string of the molecule is C=C[C@@H]1C[C@H](C=C)[C@H](C(=O)OCC)[C@H]1NC(=O)c1ccccc1. The Morgan fingerprint density at radius 2 is 1.87 bits per heavy atom. The molecule has 1 amide bonds. The Balaban J connectivity index is 2.23. The first-order chi connectivity index (χ1) is 11.1. The van der Waals surface area contributed by atoms with Crippen molar-refractivity contribution in [2.75, 3.05) is 6.61 Å². The average Bonchev–Trinajstić information content (AvgIpc) is 2.93. The summed E-state index contributed by atoms with van der Waals surface area (Å²) in [6, 6.07) is 8.64. The lowest BCUT2D eigenvalue weighted by Gasteiger charge is -2.24. The van der Waals surface area contributed by atoms with E-state index in [0.29, 0.717) is 12.2 Å². The number of hydrogen-bond donors (Lipinski definition) is 1. The maximum atomic E-state index is 12.5. The minimum atomic E-state index is -0.428. The Kier molecular flexibility index (Phi) is 5.74. The van der Waals surface area contributed by atoms with Gasteiger partial charge in [-0.1, -0.05) is 30.4 Å². The van der Waals surface area contributed by atoms with Crippen LogP contribution in [0.25, 0.3) is 0 Å². The Hall–Kier alpha value is -2.36. The van der Waals surface area contributed by atoms with Crippen molar-refractivity contribution < 1.29 is 14.3 Å². The van der Waals surface area contributed by atoms with E-state index in [0.717, 1.165) is 6.42 Å². The van der Waals surface area contributed by atoms with Gasteiger partial charge in [-0.05, 0) is 37.3 Å². The van der Waals surface area contributed by atoms with Crippen LogP contribution in [-0.2, 0) is 9.53 Å². The molecule has 23 heavy (non-hydrogen) atoms. The van der Waals surface area contributed by atoms with Crippen molar-refractivity contribution in [3.05, 3.63) is 61.2 Å². The van der Waals surface area contributed by atoms with Gasteiger partial charge in [0.1, 0.15) is 0 Å². The van der Waals surface area contributed by atoms with E-state index >= 15 is 0 Å². The van der Waals surface area contributed by atoms with E-state index in [1.807, 2.05) is 18.2 Å². The minimum absolute atomic E-state index is 0.0140. The van der Waals surface area contributed by atoms with E-state index in [-0.39, 0.29) is 29.8 Å². The summed E-state index contributed by atoms with van der Waals surface area (Å²) in [6.07, 6.45) is 4.30. The average molecular weight is 313 g/mol. The molecule has 4 atom stereocenters. The number of allylic oxidation sites excluding steroid dienone is 1. The van der Waals surface area contributed by atoms with Gasteiger partial charge >= 0.3 is 5.97 Å². The number of hydrogen-bond acceptors (Lipinski definition) is 3. The summed E-state index contributed by atoms with van der Waals surface area (Å²) in [6.45, 7) is 9.76. The molecule has 1 N–H and O–H groups in total. The molecule has 0 aliphatic heterocycles. The molecule has 1 aromatic carbocycles. The van der Waals surface area contributed by atoms with Crippen LogP contribution >= 0.6 is 0 Å². The molecule has 0 bridgehead atoms. The molecule has 0 spiro atoms. The van der Waals surface area contributed by atoms with E-state index in [9.17, 15) is 9.59 Å². The monoisotopic (exact) mass is 313 g/mol. The zero-order chi connectivity index (χ0) is 16.8. The molecular weight excluding hydrogens is 290 g/mol. The number of benzene rings is 1. The summed E-state index contributed by atoms with van der Waals surface area (Å²) in [4.78, 5) is 24.8. The van der Waals surface area contributed by atoms with Gasteiger partial charge in [-0.25, -0.2) is 0 Å². The Morgan fingerprint density at radius 1 is 1.22 bits per heavy atom. The number of amides is 1. The molecule has 122 valence electrons. The predicted octanol–water partition coefficient (Wildman–Crippen LogP) is 2.97. The van der Waals surface area contributed by atoms with Crippen LogP contribution in [-0.4, -0.2) is 24.5 Å². The zero-order valence-electron chi connectivity index (χ0n) is 13.4. The minimum Gasteiger partial charge on any atom is -0.466 e. The van der Waals surface area contributed by atoms with Crippen molar-refractivity contribution in [1.29, 1.82) is 0 Å². The highest BCUT2D eigenvalue weighted by Crippen LogP contribution is 2.39. The van der Waals surface area contributed by atoms with Gasteiger partial charge in [-0.2, -0.15) is 0 Å². The third kappa shape index (κ3) is 3.70. The molecule has 0 aromatic heterocycles. The third-order valence-electron chi connectivity index (χ3n) is 4.35. The summed E-state index contributed by atoms with van der Waals surface area (Å²) in [5.74, 6) is -0.928. The summed E-state index contributed by atoms with van der Waals surface area (Å²) >= 11 is 0. The van der Waals surface area contributed by atoms with Crippen LogP contribution < -0.4 is 5.32 Å². The van der Waals surface area contributed by atoms with Crippen molar-refractivity contribution in [1.82, 2.24) is 5.32 Å². The van der Waals surface area contributed by atoms with Gasteiger partial charge < -0.3 is 10.1 Å². The second-order valence-corrected chi connectivity index (χ2v) is 5.68. The topological polar surface area (TPSA) is 55.4 Å². The number of esters is 1. The van der Waals surface area contributed by atoms with Gasteiger partial charge in [-0.15, -0.1) is 13.2 Å². The third-order valence-corrected chi connectivity index (χ3v) is 4.35. The second kappa shape index (κ2) is 7.77. The number of ether oxygens (including phenoxy) is 1. The second-order valence-electron chi connectivity index (χ2n) is 5.68. The first kappa shape index (κ1) is 17.0. The van der Waals surface area contributed by atoms with Crippen molar-refractivity contribution in [2.45, 2.75) is 19.4 Å². The molecule has 1 aromatic rings. The van der Waals surface area contributed by atoms with Gasteiger partial charge in [0.2, 0.25) is 0 Å². The van der Waals surface area contributed by atoms with Gasteiger partial charge in [0.05, 0.1) is 12.5 Å². The summed E-state index contributed by atoms with van der Waals surface area (Å²) in [5, 5.41) is 2.99. The lowest BCUT2D eigenvalue weighted by atomic mass is 9.92. The molecule has 1 fully saturated rings. The van der Waals surface area contributed by atoms with Crippen LogP contribution in [0, 0.1) is 17.8 Å². The largest absolute Gasteiger partial charge is 0.466 e. The lowest BCUT2D eigenvalue weighted by Crippen LogP contribution is -2.45. The summed E-state index contributed by atoms with van der Waals surface area (Å²) in [5.41, 5.74) is 0.569. The number of carbonyl (C=O) groups is 2. The first-order valence-corrected chi connectivity index (χ1v) is 7.90. The molecule has 0 unspecified atom stereocenters. The smallest absolute Gasteiger partial charge is 0.311 e. The highest BCUT2D eigenvalue weighted by atomic mass is 16.5. The highest BCUT2D eigenvalue weighted by Gasteiger charge is 2.46. The summed E-state index contributed by atoms with van der Waals surface area (Å²) in [7, 11) is 0. The van der Waals surface area contributed by atoms with E-state index in [4.69, 9.17) is 4.74 Å². The van der Waals surface area contributed by atoms with Gasteiger partial charge in [0, 0.05) is 11.6 Å². The fourth-order valence-electron chi connectivity index (χ4n) is 3.21. The number of carbonyl (C=O) groups excluding carboxylic acids is 2. The molecule has 1 aliphatic rings. The molecular formula is C19H23NO3. The number of rotatable bonds is 6. The molecule has 2 rings (SSSR count). The Labute approximate surface area is 137 Å². The first-order valence-electron chi connectivity index (χ1n) is 7.90. The number of nitrogens with one attached hydrogen (secondary N) is 1. The highest BCUT2D eigenvalue weighted by molar-refractivity contribution is 5.94. The van der Waals surface area contributed by atoms with E-state index in [1.54, 1.807) is 31.2 Å². The maximum Gasteiger partial charge on any atom is 0.311 e. The molecule has 0 radical (unpaired) electrons. The molecule has 0 heterocycles. The van der Waals surface area contributed by atoms with Crippen LogP contribution in [0.15, 0.2) is 55.6 Å². The molecule has 1 aliphatic carbocycles. The predicted molar refractivity (Wildman–Crippen MR) is 89.8 cm³/mol. The Bertz CT molecular complexity index is 582. The van der Waals surface area contributed by atoms with Gasteiger partial charge in [0.25, 0.3) is 5.91 Å². The van der Waals surface area contributed by atoms with Crippen molar-refractivity contribution in [3.8, 4) is 0 Å². The fourth-order valence-corrected chi connectivity index (χ4v) is 3.21. The van der Waals surface area contributed by atoms with E-state index in [1.165, 1.54) is 0 Å². The van der Waals surface area contributed by atoms with Crippen LogP contribution in [0.4, 0.5) is 0 Å². The Morgan fingerprint density at radius 3 is 2.43 bits per heavy atom. The van der Waals surface area contributed by atoms with Crippen molar-refractivity contribution in [2.24, 2.45) is 17.8 Å².